The van der Waals surface area contributed by atoms with Crippen LogP contribution in [0.15, 0.2) is 12.1 Å². The van der Waals surface area contributed by atoms with E-state index in [4.69, 9.17) is 0 Å². The maximum Gasteiger partial charge on any atom is 0.320 e. The Hall–Kier alpha value is -1.51. The highest BCUT2D eigenvalue weighted by Crippen LogP contribution is 2.32. The minimum atomic E-state index is 0.106. The molecule has 0 aromatic heterocycles. The summed E-state index contributed by atoms with van der Waals surface area (Å²) in [7, 11) is 3.74. The zero-order valence-corrected chi connectivity index (χ0v) is 11.2. The van der Waals surface area contributed by atoms with Crippen LogP contribution < -0.4 is 0 Å². The van der Waals surface area contributed by atoms with Crippen LogP contribution in [0.4, 0.5) is 4.79 Å². The lowest BCUT2D eigenvalue weighted by Gasteiger charge is -2.22. The number of rotatable bonds is 1. The van der Waals surface area contributed by atoms with Gasteiger partial charge in [-0.3, -0.25) is 0 Å². The third-order valence-electron chi connectivity index (χ3n) is 3.61. The van der Waals surface area contributed by atoms with E-state index < -0.39 is 0 Å². The van der Waals surface area contributed by atoms with E-state index in [1.165, 1.54) is 22.3 Å². The van der Waals surface area contributed by atoms with Gasteiger partial charge in [0.2, 0.25) is 0 Å². The summed E-state index contributed by atoms with van der Waals surface area (Å²) in [6.45, 7) is 7.15. The molecular formula is C14H20N2O. The fourth-order valence-corrected chi connectivity index (χ4v) is 2.86. The number of urea groups is 1. The third kappa shape index (κ3) is 1.90. The first-order valence-corrected chi connectivity index (χ1v) is 5.97. The molecule has 1 fully saturated rings. The number of aryl methyl sites for hydroxylation is 3. The van der Waals surface area contributed by atoms with Gasteiger partial charge in [-0.05, 0) is 37.5 Å². The number of amides is 2. The van der Waals surface area contributed by atoms with Gasteiger partial charge in [0.1, 0.15) is 0 Å². The fourth-order valence-electron chi connectivity index (χ4n) is 2.86. The van der Waals surface area contributed by atoms with Crippen LogP contribution >= 0.6 is 0 Å². The predicted octanol–water partition coefficient (Wildman–Crippen LogP) is 2.65. The Morgan fingerprint density at radius 3 is 2.06 bits per heavy atom. The van der Waals surface area contributed by atoms with Crippen molar-refractivity contribution in [2.75, 3.05) is 20.6 Å². The summed E-state index contributed by atoms with van der Waals surface area (Å²) in [5.41, 5.74) is 5.14. The molecule has 1 aromatic carbocycles. The number of benzene rings is 1. The Bertz CT molecular complexity index is 444. The maximum atomic E-state index is 11.8. The van der Waals surface area contributed by atoms with E-state index in [-0.39, 0.29) is 12.1 Å². The van der Waals surface area contributed by atoms with Crippen molar-refractivity contribution in [2.45, 2.75) is 26.8 Å². The number of likely N-dealkylation sites (N-methyl/N-ethyl adjacent to an activating group) is 2. The van der Waals surface area contributed by atoms with Crippen LogP contribution in [0.25, 0.3) is 0 Å². The molecule has 3 heteroatoms. The van der Waals surface area contributed by atoms with Gasteiger partial charge in [0.15, 0.2) is 0 Å². The summed E-state index contributed by atoms with van der Waals surface area (Å²) < 4.78 is 0. The van der Waals surface area contributed by atoms with Crippen molar-refractivity contribution in [1.29, 1.82) is 0 Å². The zero-order valence-electron chi connectivity index (χ0n) is 11.2. The van der Waals surface area contributed by atoms with E-state index in [2.05, 4.69) is 32.9 Å². The number of carbonyl (C=O) groups excluding carboxylic acids is 1. The Labute approximate surface area is 103 Å². The van der Waals surface area contributed by atoms with Gasteiger partial charge in [0, 0.05) is 20.6 Å². The van der Waals surface area contributed by atoms with Gasteiger partial charge in [-0.1, -0.05) is 17.7 Å². The van der Waals surface area contributed by atoms with Gasteiger partial charge in [0.05, 0.1) is 6.04 Å². The molecule has 0 N–H and O–H groups in total. The molecule has 1 heterocycles. The largest absolute Gasteiger partial charge is 0.325 e. The van der Waals surface area contributed by atoms with Crippen molar-refractivity contribution in [3.05, 3.63) is 34.4 Å². The molecule has 1 atom stereocenters. The Balaban J connectivity index is 2.45. The van der Waals surface area contributed by atoms with Crippen LogP contribution in [-0.4, -0.2) is 36.5 Å². The monoisotopic (exact) mass is 232 g/mol. The van der Waals surface area contributed by atoms with Gasteiger partial charge in [-0.15, -0.1) is 0 Å². The Morgan fingerprint density at radius 1 is 1.12 bits per heavy atom. The minimum absolute atomic E-state index is 0.106. The number of carbonyl (C=O) groups is 1. The van der Waals surface area contributed by atoms with Crippen LogP contribution in [0.3, 0.4) is 0 Å². The quantitative estimate of drug-likeness (QED) is 0.730. The molecular weight excluding hydrogens is 212 g/mol. The molecule has 2 rings (SSSR count). The molecule has 3 nitrogen and oxygen atoms in total. The first-order chi connectivity index (χ1) is 7.91. The van der Waals surface area contributed by atoms with E-state index in [1.807, 2.05) is 19.0 Å². The van der Waals surface area contributed by atoms with E-state index >= 15 is 0 Å². The molecule has 0 bridgehead atoms. The van der Waals surface area contributed by atoms with Crippen molar-refractivity contribution in [2.24, 2.45) is 0 Å². The van der Waals surface area contributed by atoms with Crippen molar-refractivity contribution in [1.82, 2.24) is 9.80 Å². The number of nitrogens with zero attached hydrogens (tertiary/aromatic N) is 2. The molecule has 0 radical (unpaired) electrons. The molecule has 17 heavy (non-hydrogen) atoms. The smallest absolute Gasteiger partial charge is 0.320 e. The van der Waals surface area contributed by atoms with E-state index in [0.717, 1.165) is 6.54 Å². The Morgan fingerprint density at radius 2 is 1.65 bits per heavy atom. The van der Waals surface area contributed by atoms with Crippen molar-refractivity contribution < 1.29 is 4.79 Å². The van der Waals surface area contributed by atoms with E-state index in [1.54, 1.807) is 4.90 Å². The van der Waals surface area contributed by atoms with Crippen molar-refractivity contribution >= 4 is 6.03 Å². The van der Waals surface area contributed by atoms with E-state index in [9.17, 15) is 4.79 Å². The molecule has 1 saturated heterocycles. The van der Waals surface area contributed by atoms with Gasteiger partial charge < -0.3 is 9.80 Å². The molecule has 0 spiro atoms. The first kappa shape index (κ1) is 12.0. The molecule has 0 saturated carbocycles. The van der Waals surface area contributed by atoms with E-state index in [0.29, 0.717) is 0 Å². The molecule has 0 aliphatic carbocycles. The minimum Gasteiger partial charge on any atom is -0.325 e. The first-order valence-electron chi connectivity index (χ1n) is 5.97. The van der Waals surface area contributed by atoms with Gasteiger partial charge in [-0.2, -0.15) is 0 Å². The molecule has 1 aliphatic rings. The summed E-state index contributed by atoms with van der Waals surface area (Å²) in [6.07, 6.45) is 0. The van der Waals surface area contributed by atoms with Gasteiger partial charge >= 0.3 is 6.03 Å². The summed E-state index contributed by atoms with van der Waals surface area (Å²) in [5.74, 6) is 0. The lowest BCUT2D eigenvalue weighted by atomic mass is 9.94. The lowest BCUT2D eigenvalue weighted by Crippen LogP contribution is -2.27. The second-order valence-electron chi connectivity index (χ2n) is 5.10. The van der Waals surface area contributed by atoms with Gasteiger partial charge in [-0.25, -0.2) is 4.79 Å². The third-order valence-corrected chi connectivity index (χ3v) is 3.61. The predicted molar refractivity (Wildman–Crippen MR) is 69.2 cm³/mol. The summed E-state index contributed by atoms with van der Waals surface area (Å²) in [4.78, 5) is 15.4. The van der Waals surface area contributed by atoms with Crippen LogP contribution in [0, 0.1) is 20.8 Å². The molecule has 1 unspecified atom stereocenters. The van der Waals surface area contributed by atoms with Crippen LogP contribution in [0.1, 0.15) is 28.3 Å². The molecule has 1 aliphatic heterocycles. The van der Waals surface area contributed by atoms with Crippen molar-refractivity contribution in [3.63, 3.8) is 0 Å². The summed E-state index contributed by atoms with van der Waals surface area (Å²) in [5, 5.41) is 0. The highest BCUT2D eigenvalue weighted by Gasteiger charge is 2.34. The summed E-state index contributed by atoms with van der Waals surface area (Å²) >= 11 is 0. The second kappa shape index (κ2) is 4.06. The SMILES string of the molecule is Cc1cc(C)c(C2CN(C)C(=O)N2C)c(C)c1. The highest BCUT2D eigenvalue weighted by atomic mass is 16.2. The normalized spacial score (nSPS) is 20.3. The Kier molecular flexibility index (Phi) is 2.86. The fraction of sp³-hybridized carbons (Fsp3) is 0.500. The number of hydrogen-bond donors (Lipinski definition) is 0. The molecule has 1 aromatic rings. The van der Waals surface area contributed by atoms with Crippen LogP contribution in [0.2, 0.25) is 0 Å². The van der Waals surface area contributed by atoms with Crippen LogP contribution in [-0.2, 0) is 0 Å². The topological polar surface area (TPSA) is 23.6 Å². The lowest BCUT2D eigenvalue weighted by molar-refractivity contribution is 0.201. The van der Waals surface area contributed by atoms with Crippen LogP contribution in [0.5, 0.6) is 0 Å². The average Bonchev–Trinajstić information content (AvgIpc) is 2.45. The number of hydrogen-bond acceptors (Lipinski definition) is 1. The van der Waals surface area contributed by atoms with Gasteiger partial charge in [0.25, 0.3) is 0 Å². The average molecular weight is 232 g/mol. The summed E-state index contributed by atoms with van der Waals surface area (Å²) in [6, 6.07) is 4.68. The maximum absolute atomic E-state index is 11.8. The molecule has 2 amide bonds. The molecule has 92 valence electrons. The highest BCUT2D eigenvalue weighted by molar-refractivity contribution is 5.77. The van der Waals surface area contributed by atoms with Crippen molar-refractivity contribution in [3.8, 4) is 0 Å². The second-order valence-corrected chi connectivity index (χ2v) is 5.10. The zero-order chi connectivity index (χ0) is 12.7. The standard InChI is InChI=1S/C14H20N2O/c1-9-6-10(2)13(11(3)7-9)12-8-15(4)14(17)16(12)5/h6-7,12H,8H2,1-5H3.